The van der Waals surface area contributed by atoms with Crippen molar-refractivity contribution >= 4 is 16.8 Å². The highest BCUT2D eigenvalue weighted by molar-refractivity contribution is 6.10. The molecule has 2 N–H and O–H groups in total. The number of nitrogens with zero attached hydrogens (tertiary/aromatic N) is 3. The van der Waals surface area contributed by atoms with E-state index in [2.05, 4.69) is 9.97 Å². The molecule has 150 valence electrons. The molecule has 4 aromatic rings. The van der Waals surface area contributed by atoms with Crippen molar-refractivity contribution in [3.05, 3.63) is 66.7 Å². The molecule has 0 aliphatic heterocycles. The van der Waals surface area contributed by atoms with Crippen molar-refractivity contribution < 1.29 is 19.5 Å². The molecular weight excluding hydrogens is 384 g/mol. The molecule has 1 aromatic carbocycles. The van der Waals surface area contributed by atoms with Crippen LogP contribution in [-0.4, -0.2) is 40.3 Å². The maximum Gasteiger partial charge on any atom is 0.279 e. The van der Waals surface area contributed by atoms with Crippen LogP contribution in [0.1, 0.15) is 10.4 Å². The summed E-state index contributed by atoms with van der Waals surface area (Å²) in [6.07, 6.45) is 6.46. The zero-order chi connectivity index (χ0) is 21.1. The van der Waals surface area contributed by atoms with Gasteiger partial charge in [-0.05, 0) is 23.3 Å². The lowest BCUT2D eigenvalue weighted by atomic mass is 10.00. The normalized spacial score (nSPS) is 10.6. The Morgan fingerprint density at radius 1 is 0.900 bits per heavy atom. The second-order valence-corrected chi connectivity index (χ2v) is 6.36. The first kappa shape index (κ1) is 19.3. The molecule has 0 saturated heterocycles. The number of aromatic nitrogens is 3. The van der Waals surface area contributed by atoms with Gasteiger partial charge in [-0.25, -0.2) is 10.5 Å². The molecule has 0 aliphatic rings. The fourth-order valence-corrected chi connectivity index (χ4v) is 3.33. The molecule has 8 nitrogen and oxygen atoms in total. The number of hydroxylamine groups is 1. The van der Waals surface area contributed by atoms with E-state index in [4.69, 9.17) is 14.5 Å². The number of fused-ring (bicyclic) bond motifs is 1. The number of ether oxygens (including phenoxy) is 2. The predicted octanol–water partition coefficient (Wildman–Crippen LogP) is 3.50. The summed E-state index contributed by atoms with van der Waals surface area (Å²) < 4.78 is 10.9. The van der Waals surface area contributed by atoms with Crippen LogP contribution < -0.4 is 15.0 Å². The molecule has 8 heteroatoms. The standard InChI is InChI=1S/C22H18N4O4/c1-29-17-12-24-11-16-18(22(27)26-28)21(30-2)19(25-20(16)17)15-5-3-13(4-6-15)14-7-9-23-10-8-14/h3-12,28H,1-2H3,(H,26,27). The molecule has 0 aliphatic carbocycles. The van der Waals surface area contributed by atoms with Crippen molar-refractivity contribution in [1.29, 1.82) is 0 Å². The molecule has 3 heterocycles. The summed E-state index contributed by atoms with van der Waals surface area (Å²) in [4.78, 5) is 25.3. The minimum absolute atomic E-state index is 0.115. The highest BCUT2D eigenvalue weighted by atomic mass is 16.5. The molecule has 30 heavy (non-hydrogen) atoms. The van der Waals surface area contributed by atoms with E-state index in [1.807, 2.05) is 36.4 Å². The monoisotopic (exact) mass is 402 g/mol. The SMILES string of the molecule is COc1c(-c2ccc(-c3ccncc3)cc2)nc2c(OC)cncc2c1C(=O)NO. The first-order valence-electron chi connectivity index (χ1n) is 9.03. The zero-order valence-electron chi connectivity index (χ0n) is 16.3. The Bertz CT molecular complexity index is 1210. The number of amides is 1. The Kier molecular flexibility index (Phi) is 5.23. The maximum atomic E-state index is 12.5. The molecule has 1 amide bonds. The summed E-state index contributed by atoms with van der Waals surface area (Å²) in [5.74, 6) is -0.110. The van der Waals surface area contributed by atoms with E-state index >= 15 is 0 Å². The van der Waals surface area contributed by atoms with Crippen LogP contribution in [0.15, 0.2) is 61.2 Å². The highest BCUT2D eigenvalue weighted by Crippen LogP contribution is 2.38. The molecule has 0 unspecified atom stereocenters. The maximum absolute atomic E-state index is 12.5. The Morgan fingerprint density at radius 2 is 1.57 bits per heavy atom. The average molecular weight is 402 g/mol. The van der Waals surface area contributed by atoms with Gasteiger partial charge in [0.05, 0.1) is 26.0 Å². The van der Waals surface area contributed by atoms with Gasteiger partial charge in [-0.1, -0.05) is 24.3 Å². The van der Waals surface area contributed by atoms with Gasteiger partial charge in [-0.15, -0.1) is 0 Å². The van der Waals surface area contributed by atoms with Crippen molar-refractivity contribution in [3.63, 3.8) is 0 Å². The van der Waals surface area contributed by atoms with E-state index in [9.17, 15) is 10.0 Å². The molecule has 0 spiro atoms. The van der Waals surface area contributed by atoms with Crippen LogP contribution in [0.2, 0.25) is 0 Å². The van der Waals surface area contributed by atoms with E-state index in [0.29, 0.717) is 22.3 Å². The Hall–Kier alpha value is -4.04. The number of carbonyl (C=O) groups is 1. The molecule has 3 aromatic heterocycles. The average Bonchev–Trinajstić information content (AvgIpc) is 2.82. The number of methoxy groups -OCH3 is 2. The number of hydrogen-bond donors (Lipinski definition) is 2. The minimum atomic E-state index is -0.732. The molecular formula is C22H18N4O4. The summed E-state index contributed by atoms with van der Waals surface area (Å²) in [6.45, 7) is 0. The lowest BCUT2D eigenvalue weighted by Gasteiger charge is -2.16. The Morgan fingerprint density at radius 3 is 2.20 bits per heavy atom. The quantitative estimate of drug-likeness (QED) is 0.389. The van der Waals surface area contributed by atoms with E-state index in [0.717, 1.165) is 16.7 Å². The van der Waals surface area contributed by atoms with Crippen LogP contribution >= 0.6 is 0 Å². The van der Waals surface area contributed by atoms with Crippen molar-refractivity contribution in [2.45, 2.75) is 0 Å². The number of hydrogen-bond acceptors (Lipinski definition) is 7. The van der Waals surface area contributed by atoms with Crippen LogP contribution in [0.25, 0.3) is 33.3 Å². The highest BCUT2D eigenvalue weighted by Gasteiger charge is 2.24. The van der Waals surface area contributed by atoms with Crippen LogP contribution in [-0.2, 0) is 0 Å². The van der Waals surface area contributed by atoms with E-state index < -0.39 is 5.91 Å². The number of pyridine rings is 3. The third-order valence-electron chi connectivity index (χ3n) is 4.74. The lowest BCUT2D eigenvalue weighted by molar-refractivity contribution is 0.0705. The van der Waals surface area contributed by atoms with Crippen molar-refractivity contribution in [1.82, 2.24) is 20.4 Å². The molecule has 4 rings (SSSR count). The van der Waals surface area contributed by atoms with Crippen molar-refractivity contribution in [2.75, 3.05) is 14.2 Å². The Labute approximate surface area is 172 Å². The smallest absolute Gasteiger partial charge is 0.279 e. The van der Waals surface area contributed by atoms with Crippen molar-refractivity contribution in [3.8, 4) is 33.9 Å². The van der Waals surface area contributed by atoms with E-state index in [1.54, 1.807) is 17.9 Å². The Balaban J connectivity index is 1.95. The van der Waals surface area contributed by atoms with E-state index in [1.165, 1.54) is 26.6 Å². The topological polar surface area (TPSA) is 106 Å². The van der Waals surface area contributed by atoms with Gasteiger partial charge in [0, 0.05) is 29.5 Å². The third kappa shape index (κ3) is 3.29. The number of rotatable bonds is 5. The second-order valence-electron chi connectivity index (χ2n) is 6.36. The van der Waals surface area contributed by atoms with Crippen LogP contribution in [0.4, 0.5) is 0 Å². The molecule has 0 saturated carbocycles. The van der Waals surface area contributed by atoms with Gasteiger partial charge in [-0.2, -0.15) is 0 Å². The molecule has 0 fully saturated rings. The first-order chi connectivity index (χ1) is 14.7. The molecule has 0 bridgehead atoms. The van der Waals surface area contributed by atoms with Gasteiger partial charge in [0.2, 0.25) is 0 Å². The number of benzene rings is 1. The fourth-order valence-electron chi connectivity index (χ4n) is 3.33. The number of nitrogens with one attached hydrogen (secondary N) is 1. The van der Waals surface area contributed by atoms with Gasteiger partial charge >= 0.3 is 0 Å². The summed E-state index contributed by atoms with van der Waals surface area (Å²) in [5, 5.41) is 9.68. The predicted molar refractivity (Wildman–Crippen MR) is 111 cm³/mol. The van der Waals surface area contributed by atoms with E-state index in [-0.39, 0.29) is 11.3 Å². The summed E-state index contributed by atoms with van der Waals surface area (Å²) >= 11 is 0. The summed E-state index contributed by atoms with van der Waals surface area (Å²) in [7, 11) is 2.94. The van der Waals surface area contributed by atoms with Crippen LogP contribution in [0.5, 0.6) is 11.5 Å². The zero-order valence-corrected chi connectivity index (χ0v) is 16.3. The first-order valence-corrected chi connectivity index (χ1v) is 9.03. The summed E-state index contributed by atoms with van der Waals surface area (Å²) in [6, 6.07) is 11.5. The van der Waals surface area contributed by atoms with Gasteiger partial charge in [0.25, 0.3) is 5.91 Å². The van der Waals surface area contributed by atoms with Crippen LogP contribution in [0, 0.1) is 0 Å². The third-order valence-corrected chi connectivity index (χ3v) is 4.74. The van der Waals surface area contributed by atoms with Crippen LogP contribution in [0.3, 0.4) is 0 Å². The minimum Gasteiger partial charge on any atom is -0.494 e. The largest absolute Gasteiger partial charge is 0.494 e. The summed E-state index contributed by atoms with van der Waals surface area (Å²) in [5.41, 5.74) is 5.43. The molecule has 0 atom stereocenters. The fraction of sp³-hybridized carbons (Fsp3) is 0.0909. The van der Waals surface area contributed by atoms with Gasteiger partial charge in [0.15, 0.2) is 11.5 Å². The second kappa shape index (κ2) is 8.14. The molecule has 0 radical (unpaired) electrons. The number of carbonyl (C=O) groups excluding carboxylic acids is 1. The van der Waals surface area contributed by atoms with Crippen molar-refractivity contribution in [2.24, 2.45) is 0 Å². The lowest BCUT2D eigenvalue weighted by Crippen LogP contribution is -2.20. The van der Waals surface area contributed by atoms with Gasteiger partial charge < -0.3 is 9.47 Å². The van der Waals surface area contributed by atoms with Gasteiger partial charge in [-0.3, -0.25) is 20.0 Å². The van der Waals surface area contributed by atoms with Gasteiger partial charge in [0.1, 0.15) is 11.2 Å².